The second kappa shape index (κ2) is 3.31. The van der Waals surface area contributed by atoms with Gasteiger partial charge in [0.2, 0.25) is 0 Å². The maximum atomic E-state index is 5.10. The molecular formula is C6H8N2OS. The van der Waals surface area contributed by atoms with Gasteiger partial charge in [0.1, 0.15) is 11.3 Å². The third-order valence-electron chi connectivity index (χ3n) is 0.917. The first-order valence-corrected chi connectivity index (χ1v) is 3.80. The molecule has 0 aliphatic heterocycles. The van der Waals surface area contributed by atoms with E-state index in [9.17, 15) is 0 Å². The average Bonchev–Trinajstić information content (AvgIpc) is 2.38. The van der Waals surface area contributed by atoms with Gasteiger partial charge in [-0.15, -0.1) is 10.2 Å². The molecule has 1 aromatic rings. The van der Waals surface area contributed by atoms with Gasteiger partial charge >= 0.3 is 0 Å². The number of hydrogen-bond acceptors (Lipinski definition) is 4. The molecule has 0 amide bonds. The van der Waals surface area contributed by atoms with Crippen LogP contribution >= 0.6 is 11.3 Å². The molecule has 1 heterocycles. The second-order valence-electron chi connectivity index (χ2n) is 1.60. The lowest BCUT2D eigenvalue weighted by Crippen LogP contribution is -1.88. The van der Waals surface area contributed by atoms with Crippen molar-refractivity contribution in [2.45, 2.75) is 6.92 Å². The molecule has 3 nitrogen and oxygen atoms in total. The predicted molar refractivity (Wildman–Crippen MR) is 40.6 cm³/mol. The highest BCUT2D eigenvalue weighted by molar-refractivity contribution is 7.10. The van der Waals surface area contributed by atoms with Crippen LogP contribution in [0.4, 0.5) is 0 Å². The van der Waals surface area contributed by atoms with Crippen molar-refractivity contribution < 1.29 is 4.74 Å². The highest BCUT2D eigenvalue weighted by Gasteiger charge is 2.00. The molecule has 0 aromatic carbocycles. The van der Waals surface area contributed by atoms with Gasteiger partial charge in [0, 0.05) is 0 Å². The Balaban J connectivity index is 2.59. The number of ether oxygens (including phenoxy) is 1. The Kier molecular flexibility index (Phi) is 2.39. The summed E-state index contributed by atoms with van der Waals surface area (Å²) < 4.78 is 5.10. The molecule has 0 aliphatic carbocycles. The quantitative estimate of drug-likeness (QED) is 0.623. The Hall–Kier alpha value is -0.900. The zero-order chi connectivity index (χ0) is 7.40. The molecule has 1 rings (SSSR count). The molecule has 0 aliphatic rings. The minimum atomic E-state index is 0.602. The van der Waals surface area contributed by atoms with Crippen molar-refractivity contribution in [3.8, 4) is 0 Å². The Labute approximate surface area is 63.4 Å². The van der Waals surface area contributed by atoms with Crippen molar-refractivity contribution >= 4 is 17.1 Å². The van der Waals surface area contributed by atoms with Gasteiger partial charge in [-0.05, 0) is 6.92 Å². The van der Waals surface area contributed by atoms with Gasteiger partial charge in [0.15, 0.2) is 5.01 Å². The van der Waals surface area contributed by atoms with Gasteiger partial charge in [0.25, 0.3) is 0 Å². The van der Waals surface area contributed by atoms with E-state index in [0.717, 1.165) is 5.01 Å². The van der Waals surface area contributed by atoms with E-state index >= 15 is 0 Å². The summed E-state index contributed by atoms with van der Waals surface area (Å²) in [5.41, 5.74) is 1.65. The number of aromatic nitrogens is 2. The SMILES string of the molecule is C=C(OCC)c1nncs1. The third-order valence-corrected chi connectivity index (χ3v) is 1.65. The van der Waals surface area contributed by atoms with E-state index in [0.29, 0.717) is 12.4 Å². The van der Waals surface area contributed by atoms with E-state index < -0.39 is 0 Å². The molecule has 54 valence electrons. The van der Waals surface area contributed by atoms with Gasteiger partial charge in [-0.2, -0.15) is 0 Å². The van der Waals surface area contributed by atoms with E-state index in [1.54, 1.807) is 5.51 Å². The number of nitrogens with zero attached hydrogens (tertiary/aromatic N) is 2. The van der Waals surface area contributed by atoms with Crippen molar-refractivity contribution in [1.29, 1.82) is 0 Å². The smallest absolute Gasteiger partial charge is 0.181 e. The van der Waals surface area contributed by atoms with Crippen LogP contribution in [0, 0.1) is 0 Å². The van der Waals surface area contributed by atoms with Crippen LogP contribution in [-0.2, 0) is 4.74 Å². The molecule has 0 saturated carbocycles. The summed E-state index contributed by atoms with van der Waals surface area (Å²) in [6, 6.07) is 0. The zero-order valence-corrected chi connectivity index (χ0v) is 6.52. The van der Waals surface area contributed by atoms with Crippen molar-refractivity contribution in [1.82, 2.24) is 10.2 Å². The van der Waals surface area contributed by atoms with Crippen LogP contribution in [0.3, 0.4) is 0 Å². The molecule has 0 unspecified atom stereocenters. The number of hydrogen-bond donors (Lipinski definition) is 0. The second-order valence-corrected chi connectivity index (χ2v) is 2.43. The minimum absolute atomic E-state index is 0.602. The molecule has 1 aromatic heterocycles. The molecule has 0 radical (unpaired) electrons. The van der Waals surface area contributed by atoms with Crippen LogP contribution < -0.4 is 0 Å². The molecule has 0 spiro atoms. The molecule has 0 N–H and O–H groups in total. The first kappa shape index (κ1) is 7.21. The summed E-state index contributed by atoms with van der Waals surface area (Å²) in [4.78, 5) is 0. The van der Waals surface area contributed by atoms with Gasteiger partial charge in [-0.25, -0.2) is 0 Å². The maximum Gasteiger partial charge on any atom is 0.181 e. The summed E-state index contributed by atoms with van der Waals surface area (Å²) in [5, 5.41) is 8.18. The van der Waals surface area contributed by atoms with Crippen molar-refractivity contribution in [3.05, 3.63) is 17.1 Å². The van der Waals surface area contributed by atoms with E-state index in [2.05, 4.69) is 16.8 Å². The van der Waals surface area contributed by atoms with Crippen LogP contribution in [0.25, 0.3) is 5.76 Å². The lowest BCUT2D eigenvalue weighted by molar-refractivity contribution is 0.298. The monoisotopic (exact) mass is 156 g/mol. The van der Waals surface area contributed by atoms with E-state index in [1.807, 2.05) is 6.92 Å². The first-order valence-electron chi connectivity index (χ1n) is 2.93. The van der Waals surface area contributed by atoms with Crippen LogP contribution in [0.2, 0.25) is 0 Å². The van der Waals surface area contributed by atoms with Gasteiger partial charge in [-0.1, -0.05) is 17.9 Å². The zero-order valence-electron chi connectivity index (χ0n) is 5.70. The first-order chi connectivity index (χ1) is 4.84. The molecule has 0 atom stereocenters. The fraction of sp³-hybridized carbons (Fsp3) is 0.333. The Bertz CT molecular complexity index is 208. The van der Waals surface area contributed by atoms with Crippen molar-refractivity contribution in [2.24, 2.45) is 0 Å². The lowest BCUT2D eigenvalue weighted by Gasteiger charge is -1.99. The van der Waals surface area contributed by atoms with E-state index in [-0.39, 0.29) is 0 Å². The fourth-order valence-electron chi connectivity index (χ4n) is 0.531. The average molecular weight is 156 g/mol. The van der Waals surface area contributed by atoms with Gasteiger partial charge < -0.3 is 4.74 Å². The predicted octanol–water partition coefficient (Wildman–Crippen LogP) is 1.55. The highest BCUT2D eigenvalue weighted by Crippen LogP contribution is 2.13. The van der Waals surface area contributed by atoms with Gasteiger partial charge in [0.05, 0.1) is 6.61 Å². The topological polar surface area (TPSA) is 35.0 Å². The van der Waals surface area contributed by atoms with Crippen molar-refractivity contribution in [2.75, 3.05) is 6.61 Å². The molecule has 0 bridgehead atoms. The molecule has 4 heteroatoms. The van der Waals surface area contributed by atoms with Crippen molar-refractivity contribution in [3.63, 3.8) is 0 Å². The summed E-state index contributed by atoms with van der Waals surface area (Å²) in [7, 11) is 0. The van der Waals surface area contributed by atoms with E-state index in [4.69, 9.17) is 4.74 Å². The summed E-state index contributed by atoms with van der Waals surface area (Å²) in [6.07, 6.45) is 0. The normalized spacial score (nSPS) is 9.30. The van der Waals surface area contributed by atoms with Crippen LogP contribution in [0.5, 0.6) is 0 Å². The van der Waals surface area contributed by atoms with Crippen LogP contribution in [0.15, 0.2) is 12.1 Å². The number of rotatable bonds is 3. The summed E-state index contributed by atoms with van der Waals surface area (Å²) >= 11 is 1.42. The largest absolute Gasteiger partial charge is 0.491 e. The third kappa shape index (κ3) is 1.54. The van der Waals surface area contributed by atoms with Gasteiger partial charge in [-0.3, -0.25) is 0 Å². The summed E-state index contributed by atoms with van der Waals surface area (Å²) in [5.74, 6) is 0.602. The molecule has 10 heavy (non-hydrogen) atoms. The maximum absolute atomic E-state index is 5.10. The van der Waals surface area contributed by atoms with Crippen LogP contribution in [0.1, 0.15) is 11.9 Å². The summed E-state index contributed by atoms with van der Waals surface area (Å²) in [6.45, 7) is 6.20. The highest BCUT2D eigenvalue weighted by atomic mass is 32.1. The Morgan fingerprint density at radius 2 is 2.70 bits per heavy atom. The molecular weight excluding hydrogens is 148 g/mol. The van der Waals surface area contributed by atoms with Crippen LogP contribution in [-0.4, -0.2) is 16.8 Å². The fourth-order valence-corrected chi connectivity index (χ4v) is 1.01. The standard InChI is InChI=1S/C6H8N2OS/c1-3-9-5(2)6-8-7-4-10-6/h4H,2-3H2,1H3. The van der Waals surface area contributed by atoms with E-state index in [1.165, 1.54) is 11.3 Å². The minimum Gasteiger partial charge on any atom is -0.491 e. The molecule has 0 fully saturated rings. The Morgan fingerprint density at radius 1 is 1.90 bits per heavy atom. The molecule has 0 saturated heterocycles. The Morgan fingerprint density at radius 3 is 3.20 bits per heavy atom. The lowest BCUT2D eigenvalue weighted by atomic mass is 10.6.